The fourth-order valence-corrected chi connectivity index (χ4v) is 2.37. The summed E-state index contributed by atoms with van der Waals surface area (Å²) in [5, 5.41) is 3.39. The molecule has 0 aromatic carbocycles. The van der Waals surface area contributed by atoms with Crippen LogP contribution in [-0.2, 0) is 4.79 Å². The van der Waals surface area contributed by atoms with Crippen molar-refractivity contribution in [3.05, 3.63) is 0 Å². The molecule has 0 spiro atoms. The summed E-state index contributed by atoms with van der Waals surface area (Å²) in [6.45, 7) is 13.8. The Morgan fingerprint density at radius 2 is 2.12 bits per heavy atom. The second kappa shape index (κ2) is 5.85. The molecule has 100 valence electrons. The molecule has 3 nitrogen and oxygen atoms in total. The molecule has 2 unspecified atom stereocenters. The lowest BCUT2D eigenvalue weighted by Crippen LogP contribution is -2.34. The number of amides is 1. The summed E-state index contributed by atoms with van der Waals surface area (Å²) in [4.78, 5) is 14.0. The zero-order valence-electron chi connectivity index (χ0n) is 12.0. The van der Waals surface area contributed by atoms with Gasteiger partial charge in [-0.3, -0.25) is 4.79 Å². The highest BCUT2D eigenvalue weighted by Crippen LogP contribution is 2.34. The molecule has 1 aliphatic rings. The van der Waals surface area contributed by atoms with Gasteiger partial charge in [0.25, 0.3) is 0 Å². The first-order chi connectivity index (χ1) is 7.84. The quantitative estimate of drug-likeness (QED) is 0.799. The third-order valence-electron chi connectivity index (χ3n) is 3.82. The van der Waals surface area contributed by atoms with Crippen molar-refractivity contribution in [3.8, 4) is 0 Å². The molecule has 1 saturated heterocycles. The predicted octanol–water partition coefficient (Wildman–Crippen LogP) is 2.27. The van der Waals surface area contributed by atoms with E-state index in [4.69, 9.17) is 0 Å². The number of likely N-dealkylation sites (tertiary alicyclic amines) is 1. The summed E-state index contributed by atoms with van der Waals surface area (Å²) in [5.74, 6) is 0.859. The van der Waals surface area contributed by atoms with Crippen LogP contribution in [0.15, 0.2) is 0 Å². The lowest BCUT2D eigenvalue weighted by molar-refractivity contribution is -0.127. The van der Waals surface area contributed by atoms with Crippen molar-refractivity contribution in [2.24, 2.45) is 11.3 Å². The predicted molar refractivity (Wildman–Crippen MR) is 71.9 cm³/mol. The normalized spacial score (nSPS) is 23.2. The minimum Gasteiger partial charge on any atom is -0.342 e. The van der Waals surface area contributed by atoms with E-state index in [1.54, 1.807) is 0 Å². The van der Waals surface area contributed by atoms with Crippen molar-refractivity contribution < 1.29 is 4.79 Å². The van der Waals surface area contributed by atoms with Crippen molar-refractivity contribution in [1.82, 2.24) is 10.2 Å². The van der Waals surface area contributed by atoms with Crippen LogP contribution in [-0.4, -0.2) is 36.5 Å². The fourth-order valence-electron chi connectivity index (χ4n) is 2.37. The molecule has 0 bridgehead atoms. The zero-order chi connectivity index (χ0) is 13.1. The zero-order valence-corrected chi connectivity index (χ0v) is 12.0. The van der Waals surface area contributed by atoms with Gasteiger partial charge < -0.3 is 10.2 Å². The second-order valence-electron chi connectivity index (χ2n) is 6.35. The largest absolute Gasteiger partial charge is 0.342 e. The van der Waals surface area contributed by atoms with Gasteiger partial charge in [0.1, 0.15) is 0 Å². The highest BCUT2D eigenvalue weighted by Gasteiger charge is 2.36. The molecule has 17 heavy (non-hydrogen) atoms. The molecule has 0 aromatic rings. The number of nitrogens with zero attached hydrogens (tertiary/aromatic N) is 1. The van der Waals surface area contributed by atoms with Gasteiger partial charge in [0.2, 0.25) is 5.91 Å². The van der Waals surface area contributed by atoms with Gasteiger partial charge in [-0.25, -0.2) is 0 Å². The van der Waals surface area contributed by atoms with Gasteiger partial charge in [-0.2, -0.15) is 0 Å². The van der Waals surface area contributed by atoms with Crippen LogP contribution in [0.5, 0.6) is 0 Å². The first-order valence-corrected chi connectivity index (χ1v) is 6.85. The Morgan fingerprint density at radius 1 is 1.47 bits per heavy atom. The van der Waals surface area contributed by atoms with Crippen LogP contribution >= 0.6 is 0 Å². The van der Waals surface area contributed by atoms with Crippen LogP contribution in [0.1, 0.15) is 47.5 Å². The molecule has 2 atom stereocenters. The van der Waals surface area contributed by atoms with Crippen LogP contribution in [0.3, 0.4) is 0 Å². The lowest BCUT2D eigenvalue weighted by atomic mass is 9.80. The van der Waals surface area contributed by atoms with Crippen LogP contribution in [0.2, 0.25) is 0 Å². The monoisotopic (exact) mass is 240 g/mol. The number of nitrogens with one attached hydrogen (secondary N) is 1. The second-order valence-corrected chi connectivity index (χ2v) is 6.35. The Morgan fingerprint density at radius 3 is 2.59 bits per heavy atom. The SMILES string of the molecule is CCNC(C)CCN1CC(C(C)(C)C)CC1=O. The molecule has 0 aromatic heterocycles. The molecule has 1 amide bonds. The van der Waals surface area contributed by atoms with Gasteiger partial charge >= 0.3 is 0 Å². The van der Waals surface area contributed by atoms with Crippen molar-refractivity contribution in [1.29, 1.82) is 0 Å². The number of carbonyl (C=O) groups is 1. The summed E-state index contributed by atoms with van der Waals surface area (Å²) in [7, 11) is 0. The standard InChI is InChI=1S/C14H28N2O/c1-6-15-11(2)7-8-16-10-12(9-13(16)17)14(3,4)5/h11-12,15H,6-10H2,1-5H3. The minimum atomic E-state index is 0.248. The molecular formula is C14H28N2O. The van der Waals surface area contributed by atoms with E-state index in [0.29, 0.717) is 17.9 Å². The average molecular weight is 240 g/mol. The molecule has 3 heteroatoms. The van der Waals surface area contributed by atoms with Crippen LogP contribution in [0, 0.1) is 11.3 Å². The molecule has 1 fully saturated rings. The van der Waals surface area contributed by atoms with Crippen molar-refractivity contribution in [3.63, 3.8) is 0 Å². The third-order valence-corrected chi connectivity index (χ3v) is 3.82. The Labute approximate surface area is 106 Å². The van der Waals surface area contributed by atoms with Crippen molar-refractivity contribution in [2.45, 2.75) is 53.5 Å². The van der Waals surface area contributed by atoms with Gasteiger partial charge in [-0.15, -0.1) is 0 Å². The fraction of sp³-hybridized carbons (Fsp3) is 0.929. The first-order valence-electron chi connectivity index (χ1n) is 6.85. The molecule has 1 N–H and O–H groups in total. The molecule has 1 aliphatic heterocycles. The van der Waals surface area contributed by atoms with Crippen LogP contribution in [0.4, 0.5) is 0 Å². The average Bonchev–Trinajstić information content (AvgIpc) is 2.57. The lowest BCUT2D eigenvalue weighted by Gasteiger charge is -2.26. The summed E-state index contributed by atoms with van der Waals surface area (Å²) >= 11 is 0. The van der Waals surface area contributed by atoms with Gasteiger partial charge in [-0.1, -0.05) is 27.7 Å². The molecule has 0 radical (unpaired) electrons. The van der Waals surface area contributed by atoms with Crippen LogP contribution in [0.25, 0.3) is 0 Å². The molecule has 0 saturated carbocycles. The van der Waals surface area contributed by atoms with Gasteiger partial charge in [-0.05, 0) is 31.2 Å². The molecule has 0 aliphatic carbocycles. The maximum Gasteiger partial charge on any atom is 0.222 e. The van der Waals surface area contributed by atoms with Gasteiger partial charge in [0.15, 0.2) is 0 Å². The summed E-state index contributed by atoms with van der Waals surface area (Å²) in [6, 6.07) is 0.501. The smallest absolute Gasteiger partial charge is 0.222 e. The summed E-state index contributed by atoms with van der Waals surface area (Å²) in [5.41, 5.74) is 0.248. The Bertz CT molecular complexity index is 257. The highest BCUT2D eigenvalue weighted by atomic mass is 16.2. The number of hydrogen-bond acceptors (Lipinski definition) is 2. The van der Waals surface area contributed by atoms with E-state index in [0.717, 1.165) is 32.5 Å². The first kappa shape index (κ1) is 14.5. The Hall–Kier alpha value is -0.570. The van der Waals surface area contributed by atoms with Gasteiger partial charge in [0.05, 0.1) is 0 Å². The highest BCUT2D eigenvalue weighted by molar-refractivity contribution is 5.78. The Balaban J connectivity index is 2.38. The van der Waals surface area contributed by atoms with E-state index >= 15 is 0 Å². The van der Waals surface area contributed by atoms with Crippen molar-refractivity contribution in [2.75, 3.05) is 19.6 Å². The topological polar surface area (TPSA) is 32.3 Å². The van der Waals surface area contributed by atoms with E-state index in [-0.39, 0.29) is 5.41 Å². The number of hydrogen-bond donors (Lipinski definition) is 1. The molecule has 1 heterocycles. The van der Waals surface area contributed by atoms with E-state index in [9.17, 15) is 4.79 Å². The van der Waals surface area contributed by atoms with Crippen LogP contribution < -0.4 is 5.32 Å². The van der Waals surface area contributed by atoms with Crippen molar-refractivity contribution >= 4 is 5.91 Å². The van der Waals surface area contributed by atoms with E-state index in [1.165, 1.54) is 0 Å². The number of carbonyl (C=O) groups excluding carboxylic acids is 1. The Kier molecular flexibility index (Phi) is 4.99. The van der Waals surface area contributed by atoms with E-state index in [2.05, 4.69) is 39.9 Å². The minimum absolute atomic E-state index is 0.248. The molecule has 1 rings (SSSR count). The maximum atomic E-state index is 11.9. The van der Waals surface area contributed by atoms with E-state index in [1.807, 2.05) is 4.90 Å². The third kappa shape index (κ3) is 4.30. The number of rotatable bonds is 5. The maximum absolute atomic E-state index is 11.9. The van der Waals surface area contributed by atoms with E-state index < -0.39 is 0 Å². The summed E-state index contributed by atoms with van der Waals surface area (Å²) in [6.07, 6.45) is 1.79. The van der Waals surface area contributed by atoms with Gasteiger partial charge in [0, 0.05) is 25.6 Å². The summed E-state index contributed by atoms with van der Waals surface area (Å²) < 4.78 is 0. The molecular weight excluding hydrogens is 212 g/mol.